The first-order valence-electron chi connectivity index (χ1n) is 6.82. The lowest BCUT2D eigenvalue weighted by Gasteiger charge is -2.10. The summed E-state index contributed by atoms with van der Waals surface area (Å²) >= 11 is 0. The van der Waals surface area contributed by atoms with Crippen LogP contribution < -0.4 is 10.6 Å². The highest BCUT2D eigenvalue weighted by molar-refractivity contribution is 14.0. The molecule has 2 rings (SSSR count). The van der Waals surface area contributed by atoms with Gasteiger partial charge in [0.05, 0.1) is 13.1 Å². The minimum atomic E-state index is 0. The Hall–Kier alpha value is -1.84. The Kier molecular flexibility index (Phi) is 7.64. The second kappa shape index (κ2) is 9.23. The normalized spacial score (nSPS) is 10.9. The minimum Gasteiger partial charge on any atom is -0.508 e. The number of benzene rings is 1. The molecule has 0 amide bonds. The summed E-state index contributed by atoms with van der Waals surface area (Å²) in [6.07, 6.45) is 1.53. The van der Waals surface area contributed by atoms with Gasteiger partial charge in [-0.1, -0.05) is 12.1 Å². The number of hydrogen-bond donors (Lipinski definition) is 3. The molecule has 2 aromatic rings. The monoisotopic (exact) mass is 416 g/mol. The molecule has 3 N–H and O–H groups in total. The number of aryl methyl sites for hydroxylation is 1. The van der Waals surface area contributed by atoms with Gasteiger partial charge in [-0.15, -0.1) is 24.0 Å². The number of nitrogens with zero attached hydrogens (tertiary/aromatic N) is 4. The maximum atomic E-state index is 9.26. The topological polar surface area (TPSA) is 87.4 Å². The average molecular weight is 416 g/mol. The Morgan fingerprint density at radius 1 is 1.27 bits per heavy atom. The number of rotatable bonds is 5. The van der Waals surface area contributed by atoms with E-state index in [1.165, 1.54) is 6.33 Å². The van der Waals surface area contributed by atoms with Crippen molar-refractivity contribution >= 4 is 29.9 Å². The molecule has 1 aromatic heterocycles. The molecular formula is C14H21IN6O. The molecule has 0 unspecified atom stereocenters. The lowest BCUT2D eigenvalue weighted by molar-refractivity contribution is 0.475. The third-order valence-corrected chi connectivity index (χ3v) is 2.92. The number of hydrogen-bond acceptors (Lipinski definition) is 4. The highest BCUT2D eigenvalue weighted by Crippen LogP contribution is 2.10. The number of guanidine groups is 1. The van der Waals surface area contributed by atoms with Crippen molar-refractivity contribution in [3.8, 4) is 5.75 Å². The largest absolute Gasteiger partial charge is 0.508 e. The van der Waals surface area contributed by atoms with Crippen LogP contribution in [0.5, 0.6) is 5.75 Å². The predicted octanol–water partition coefficient (Wildman–Crippen LogP) is 1.39. The fourth-order valence-corrected chi connectivity index (χ4v) is 1.76. The van der Waals surface area contributed by atoms with Crippen LogP contribution >= 0.6 is 24.0 Å². The van der Waals surface area contributed by atoms with Gasteiger partial charge in [0.1, 0.15) is 17.9 Å². The standard InChI is InChI=1S/C14H20N6O.HI/c1-3-15-14(17-9-13-18-10-19-20(13)2)16-8-11-4-6-12(21)7-5-11;/h4-7,10,21H,3,8-9H2,1-2H3,(H2,15,16,17);1H. The number of phenolic OH excluding ortho intramolecular Hbond substituents is 1. The number of nitrogens with one attached hydrogen (secondary N) is 2. The van der Waals surface area contributed by atoms with E-state index in [2.05, 4.69) is 25.7 Å². The zero-order chi connectivity index (χ0) is 15.1. The van der Waals surface area contributed by atoms with Gasteiger partial charge in [0.2, 0.25) is 0 Å². The third-order valence-electron chi connectivity index (χ3n) is 2.92. The minimum absolute atomic E-state index is 0. The van der Waals surface area contributed by atoms with E-state index in [0.717, 1.165) is 17.9 Å². The van der Waals surface area contributed by atoms with Crippen LogP contribution in [0.4, 0.5) is 0 Å². The molecule has 0 radical (unpaired) electrons. The van der Waals surface area contributed by atoms with E-state index in [1.54, 1.807) is 16.8 Å². The van der Waals surface area contributed by atoms with Crippen LogP contribution in [0.2, 0.25) is 0 Å². The van der Waals surface area contributed by atoms with Gasteiger partial charge in [0.15, 0.2) is 5.96 Å². The summed E-state index contributed by atoms with van der Waals surface area (Å²) in [5, 5.41) is 19.7. The molecule has 0 aliphatic carbocycles. The van der Waals surface area contributed by atoms with Crippen molar-refractivity contribution in [2.75, 3.05) is 6.54 Å². The molecule has 0 bridgehead atoms. The number of aromatic hydroxyl groups is 1. The summed E-state index contributed by atoms with van der Waals surface area (Å²) < 4.78 is 1.72. The molecule has 0 aliphatic rings. The molecule has 0 spiro atoms. The zero-order valence-electron chi connectivity index (χ0n) is 12.7. The fraction of sp³-hybridized carbons (Fsp3) is 0.357. The summed E-state index contributed by atoms with van der Waals surface area (Å²) in [5.41, 5.74) is 1.03. The molecule has 22 heavy (non-hydrogen) atoms. The van der Waals surface area contributed by atoms with E-state index < -0.39 is 0 Å². The molecule has 0 atom stereocenters. The smallest absolute Gasteiger partial charge is 0.191 e. The highest BCUT2D eigenvalue weighted by Gasteiger charge is 2.02. The fourth-order valence-electron chi connectivity index (χ4n) is 1.76. The van der Waals surface area contributed by atoms with Crippen molar-refractivity contribution in [3.63, 3.8) is 0 Å². The molecule has 0 saturated heterocycles. The van der Waals surface area contributed by atoms with Gasteiger partial charge in [-0.3, -0.25) is 4.68 Å². The molecule has 120 valence electrons. The van der Waals surface area contributed by atoms with Gasteiger partial charge in [0, 0.05) is 13.6 Å². The van der Waals surface area contributed by atoms with E-state index in [1.807, 2.05) is 26.1 Å². The van der Waals surface area contributed by atoms with Crippen LogP contribution in [0.25, 0.3) is 0 Å². The highest BCUT2D eigenvalue weighted by atomic mass is 127. The summed E-state index contributed by atoms with van der Waals surface area (Å²) in [6.45, 7) is 3.88. The van der Waals surface area contributed by atoms with Crippen LogP contribution in [0.15, 0.2) is 35.6 Å². The van der Waals surface area contributed by atoms with Crippen molar-refractivity contribution in [2.45, 2.75) is 20.0 Å². The van der Waals surface area contributed by atoms with Crippen LogP contribution in [-0.2, 0) is 20.1 Å². The van der Waals surface area contributed by atoms with Crippen LogP contribution in [0.3, 0.4) is 0 Å². The maximum Gasteiger partial charge on any atom is 0.191 e. The lowest BCUT2D eigenvalue weighted by Crippen LogP contribution is -2.37. The first-order chi connectivity index (χ1) is 10.2. The number of phenols is 1. The molecule has 0 saturated carbocycles. The molecule has 0 aliphatic heterocycles. The summed E-state index contributed by atoms with van der Waals surface area (Å²) in [6, 6.07) is 7.02. The average Bonchev–Trinajstić information content (AvgIpc) is 2.89. The van der Waals surface area contributed by atoms with E-state index in [4.69, 9.17) is 0 Å². The Morgan fingerprint density at radius 3 is 2.59 bits per heavy atom. The summed E-state index contributed by atoms with van der Waals surface area (Å²) in [4.78, 5) is 8.65. The SMILES string of the molecule is CCNC(=NCc1ccc(O)cc1)NCc1ncnn1C.I. The number of halogens is 1. The van der Waals surface area contributed by atoms with Crippen LogP contribution in [0, 0.1) is 0 Å². The van der Waals surface area contributed by atoms with Gasteiger partial charge in [-0.2, -0.15) is 5.10 Å². The molecule has 8 heteroatoms. The van der Waals surface area contributed by atoms with Gasteiger partial charge in [0.25, 0.3) is 0 Å². The Bertz CT molecular complexity index is 596. The summed E-state index contributed by atoms with van der Waals surface area (Å²) in [7, 11) is 1.85. The first kappa shape index (κ1) is 18.2. The third kappa shape index (κ3) is 5.51. The first-order valence-corrected chi connectivity index (χ1v) is 6.82. The second-order valence-corrected chi connectivity index (χ2v) is 4.52. The van der Waals surface area contributed by atoms with Gasteiger partial charge < -0.3 is 15.7 Å². The number of aliphatic imine (C=N–C) groups is 1. The van der Waals surface area contributed by atoms with E-state index in [0.29, 0.717) is 19.0 Å². The molecular weight excluding hydrogens is 395 g/mol. The van der Waals surface area contributed by atoms with Gasteiger partial charge in [-0.25, -0.2) is 9.98 Å². The van der Waals surface area contributed by atoms with Gasteiger partial charge in [-0.05, 0) is 24.6 Å². The van der Waals surface area contributed by atoms with Crippen molar-refractivity contribution in [1.29, 1.82) is 0 Å². The Morgan fingerprint density at radius 2 is 2.00 bits per heavy atom. The van der Waals surface area contributed by atoms with E-state index >= 15 is 0 Å². The number of aromatic nitrogens is 3. The van der Waals surface area contributed by atoms with Gasteiger partial charge >= 0.3 is 0 Å². The van der Waals surface area contributed by atoms with Crippen molar-refractivity contribution in [2.24, 2.45) is 12.0 Å². The van der Waals surface area contributed by atoms with E-state index in [9.17, 15) is 5.11 Å². The van der Waals surface area contributed by atoms with Crippen LogP contribution in [-0.4, -0.2) is 32.4 Å². The summed E-state index contributed by atoms with van der Waals surface area (Å²) in [5.74, 6) is 1.81. The van der Waals surface area contributed by atoms with Crippen molar-refractivity contribution < 1.29 is 5.11 Å². The lowest BCUT2D eigenvalue weighted by atomic mass is 10.2. The zero-order valence-corrected chi connectivity index (χ0v) is 15.0. The Labute approximate surface area is 146 Å². The molecule has 7 nitrogen and oxygen atoms in total. The van der Waals surface area contributed by atoms with Crippen LogP contribution in [0.1, 0.15) is 18.3 Å². The molecule has 0 fully saturated rings. The van der Waals surface area contributed by atoms with E-state index in [-0.39, 0.29) is 29.7 Å². The second-order valence-electron chi connectivity index (χ2n) is 4.52. The van der Waals surface area contributed by atoms with Crippen molar-refractivity contribution in [3.05, 3.63) is 42.0 Å². The maximum absolute atomic E-state index is 9.26. The van der Waals surface area contributed by atoms with Crippen molar-refractivity contribution in [1.82, 2.24) is 25.4 Å². The quantitative estimate of drug-likeness (QED) is 0.390. The predicted molar refractivity (Wildman–Crippen MR) is 96.2 cm³/mol. The molecule has 1 heterocycles. The Balaban J connectivity index is 0.00000242. The molecule has 1 aromatic carbocycles.